The normalized spacial score (nSPS) is 19.1. The van der Waals surface area contributed by atoms with Crippen LogP contribution in [0.4, 0.5) is 18.0 Å². The molecule has 202 valence electrons. The van der Waals surface area contributed by atoms with E-state index in [-0.39, 0.29) is 24.5 Å². The molecule has 0 radical (unpaired) electrons. The van der Waals surface area contributed by atoms with Gasteiger partial charge in [0.25, 0.3) is 11.8 Å². The van der Waals surface area contributed by atoms with Crippen LogP contribution in [0, 0.1) is 0 Å². The average Bonchev–Trinajstić information content (AvgIpc) is 3.05. The van der Waals surface area contributed by atoms with Gasteiger partial charge in [0.05, 0.1) is 18.8 Å². The van der Waals surface area contributed by atoms with Crippen molar-refractivity contribution in [2.75, 3.05) is 13.2 Å². The van der Waals surface area contributed by atoms with Crippen LogP contribution in [0.3, 0.4) is 0 Å². The lowest BCUT2D eigenvalue weighted by Crippen LogP contribution is -2.63. The number of nitrogens with zero attached hydrogens (tertiary/aromatic N) is 1. The number of halogens is 3. The van der Waals surface area contributed by atoms with Gasteiger partial charge < -0.3 is 14.6 Å². The van der Waals surface area contributed by atoms with Gasteiger partial charge in [0, 0.05) is 5.56 Å². The number of rotatable bonds is 10. The first-order chi connectivity index (χ1) is 16.7. The lowest BCUT2D eigenvalue weighted by Gasteiger charge is -2.36. The molecule has 0 spiro atoms. The van der Waals surface area contributed by atoms with E-state index in [9.17, 15) is 32.7 Å². The summed E-state index contributed by atoms with van der Waals surface area (Å²) in [5, 5.41) is 9.51. The van der Waals surface area contributed by atoms with Crippen molar-refractivity contribution in [1.29, 1.82) is 0 Å². The SMILES string of the molecule is CCCCCCCCOc1ccc(C(=O)NNC(=O)C2(C)COC(C)(C)N2C(=O)O)cc1C(F)(F)F. The Bertz CT molecular complexity index is 954. The van der Waals surface area contributed by atoms with Crippen LogP contribution in [0.25, 0.3) is 0 Å². The molecule has 36 heavy (non-hydrogen) atoms. The van der Waals surface area contributed by atoms with E-state index in [1.165, 1.54) is 20.8 Å². The number of ether oxygens (including phenoxy) is 2. The van der Waals surface area contributed by atoms with Gasteiger partial charge in [-0.05, 0) is 45.4 Å². The lowest BCUT2D eigenvalue weighted by molar-refractivity contribution is -0.139. The molecule has 1 aliphatic heterocycles. The highest BCUT2D eigenvalue weighted by atomic mass is 19.4. The third-order valence-electron chi connectivity index (χ3n) is 6.01. The second-order valence-corrected chi connectivity index (χ2v) is 9.36. The second kappa shape index (κ2) is 11.8. The summed E-state index contributed by atoms with van der Waals surface area (Å²) in [5.74, 6) is -2.30. The number of benzene rings is 1. The van der Waals surface area contributed by atoms with Crippen LogP contribution < -0.4 is 15.6 Å². The molecular formula is C24H34F3N3O6. The minimum Gasteiger partial charge on any atom is -0.493 e. The summed E-state index contributed by atoms with van der Waals surface area (Å²) < 4.78 is 51.6. The van der Waals surface area contributed by atoms with Crippen molar-refractivity contribution in [2.45, 2.75) is 83.7 Å². The fraction of sp³-hybridized carbons (Fsp3) is 0.625. The van der Waals surface area contributed by atoms with Gasteiger partial charge in [-0.3, -0.25) is 25.3 Å². The van der Waals surface area contributed by atoms with E-state index in [2.05, 4.69) is 12.3 Å². The quantitative estimate of drug-likeness (QED) is 0.306. The summed E-state index contributed by atoms with van der Waals surface area (Å²) in [5.41, 5.74) is -0.315. The predicted molar refractivity (Wildman–Crippen MR) is 124 cm³/mol. The second-order valence-electron chi connectivity index (χ2n) is 9.36. The van der Waals surface area contributed by atoms with Crippen molar-refractivity contribution in [3.8, 4) is 5.75 Å². The number of hydrogen-bond donors (Lipinski definition) is 3. The first kappa shape index (κ1) is 29.2. The highest BCUT2D eigenvalue weighted by Gasteiger charge is 2.56. The standard InChI is InChI=1S/C24H34F3N3O6/c1-5-6-7-8-9-10-13-35-18-12-11-16(14-17(18)24(25,26)27)19(31)28-29-20(32)23(4)15-36-22(2,3)30(23)21(33)34/h11-12,14H,5-10,13,15H2,1-4H3,(H,28,31)(H,29,32)(H,33,34). The molecule has 0 aliphatic carbocycles. The molecule has 3 amide bonds. The highest BCUT2D eigenvalue weighted by molar-refractivity contribution is 5.97. The molecule has 1 unspecified atom stereocenters. The van der Waals surface area contributed by atoms with Gasteiger partial charge in [0.2, 0.25) is 0 Å². The van der Waals surface area contributed by atoms with Crippen molar-refractivity contribution in [1.82, 2.24) is 15.8 Å². The maximum atomic E-state index is 13.6. The average molecular weight is 518 g/mol. The van der Waals surface area contributed by atoms with Crippen LogP contribution in [-0.2, 0) is 15.7 Å². The fourth-order valence-corrected chi connectivity index (χ4v) is 4.05. The van der Waals surface area contributed by atoms with Gasteiger partial charge in [-0.2, -0.15) is 13.2 Å². The first-order valence-corrected chi connectivity index (χ1v) is 11.9. The summed E-state index contributed by atoms with van der Waals surface area (Å²) in [7, 11) is 0. The summed E-state index contributed by atoms with van der Waals surface area (Å²) in [6.07, 6.45) is -0.437. The Morgan fingerprint density at radius 1 is 1.08 bits per heavy atom. The third kappa shape index (κ3) is 7.02. The molecule has 1 fully saturated rings. The number of carbonyl (C=O) groups excluding carboxylic acids is 2. The van der Waals surface area contributed by atoms with Gasteiger partial charge in [-0.25, -0.2) is 4.79 Å². The molecule has 0 saturated carbocycles. The van der Waals surface area contributed by atoms with Crippen LogP contribution in [0.15, 0.2) is 18.2 Å². The van der Waals surface area contributed by atoms with E-state index in [4.69, 9.17) is 9.47 Å². The molecule has 1 aliphatic rings. The Morgan fingerprint density at radius 2 is 1.72 bits per heavy atom. The van der Waals surface area contributed by atoms with Crippen molar-refractivity contribution >= 4 is 17.9 Å². The predicted octanol–water partition coefficient (Wildman–Crippen LogP) is 4.71. The van der Waals surface area contributed by atoms with Gasteiger partial charge in [0.1, 0.15) is 17.0 Å². The highest BCUT2D eigenvalue weighted by Crippen LogP contribution is 2.37. The van der Waals surface area contributed by atoms with Gasteiger partial charge in [-0.1, -0.05) is 39.0 Å². The topological polar surface area (TPSA) is 117 Å². The molecule has 2 rings (SSSR count). The third-order valence-corrected chi connectivity index (χ3v) is 6.01. The monoisotopic (exact) mass is 517 g/mol. The molecule has 0 bridgehead atoms. The van der Waals surface area contributed by atoms with Crippen molar-refractivity contribution in [3.63, 3.8) is 0 Å². The number of carbonyl (C=O) groups is 3. The molecule has 1 saturated heterocycles. The van der Waals surface area contributed by atoms with Crippen LogP contribution in [0.1, 0.15) is 82.1 Å². The summed E-state index contributed by atoms with van der Waals surface area (Å²) in [6, 6.07) is 2.86. The Kier molecular flexibility index (Phi) is 9.58. The fourth-order valence-electron chi connectivity index (χ4n) is 4.05. The zero-order valence-corrected chi connectivity index (χ0v) is 21.0. The van der Waals surface area contributed by atoms with E-state index in [1.54, 1.807) is 0 Å². The van der Waals surface area contributed by atoms with Gasteiger partial charge >= 0.3 is 12.3 Å². The number of alkyl halides is 3. The van der Waals surface area contributed by atoms with Crippen molar-refractivity contribution in [3.05, 3.63) is 29.3 Å². The van der Waals surface area contributed by atoms with Crippen LogP contribution in [-0.4, -0.2) is 52.4 Å². The number of nitrogens with one attached hydrogen (secondary N) is 2. The molecule has 9 nitrogen and oxygen atoms in total. The summed E-state index contributed by atoms with van der Waals surface area (Å²) >= 11 is 0. The number of amides is 3. The molecular weight excluding hydrogens is 483 g/mol. The van der Waals surface area contributed by atoms with Gasteiger partial charge in [0.15, 0.2) is 0 Å². The Balaban J connectivity index is 2.04. The van der Waals surface area contributed by atoms with E-state index < -0.39 is 40.9 Å². The molecule has 12 heteroatoms. The summed E-state index contributed by atoms with van der Waals surface area (Å²) in [4.78, 5) is 37.7. The molecule has 1 atom stereocenters. The maximum absolute atomic E-state index is 13.6. The molecule has 0 aromatic heterocycles. The van der Waals surface area contributed by atoms with Crippen LogP contribution in [0.5, 0.6) is 5.75 Å². The summed E-state index contributed by atoms with van der Waals surface area (Å²) in [6.45, 7) is 6.18. The van der Waals surface area contributed by atoms with E-state index in [1.807, 2.05) is 5.43 Å². The molecule has 1 aromatic carbocycles. The van der Waals surface area contributed by atoms with Crippen LogP contribution in [0.2, 0.25) is 0 Å². The Labute approximate surface area is 208 Å². The largest absolute Gasteiger partial charge is 0.493 e. The van der Waals surface area contributed by atoms with Crippen molar-refractivity contribution < 1.29 is 42.1 Å². The maximum Gasteiger partial charge on any atom is 0.419 e. The zero-order valence-electron chi connectivity index (χ0n) is 21.0. The van der Waals surface area contributed by atoms with Crippen molar-refractivity contribution in [2.24, 2.45) is 0 Å². The number of carboxylic acid groups (broad SMARTS) is 1. The smallest absolute Gasteiger partial charge is 0.419 e. The zero-order chi connectivity index (χ0) is 27.1. The Morgan fingerprint density at radius 3 is 2.33 bits per heavy atom. The van der Waals surface area contributed by atoms with Crippen LogP contribution >= 0.6 is 0 Å². The minimum absolute atomic E-state index is 0.119. The van der Waals surface area contributed by atoms with Gasteiger partial charge in [-0.15, -0.1) is 0 Å². The number of unbranched alkanes of at least 4 members (excludes halogenated alkanes) is 5. The minimum atomic E-state index is -4.77. The Hall–Kier alpha value is -3.02. The van der Waals surface area contributed by atoms with E-state index in [0.29, 0.717) is 12.5 Å². The lowest BCUT2D eigenvalue weighted by atomic mass is 10.0. The van der Waals surface area contributed by atoms with E-state index in [0.717, 1.165) is 49.1 Å². The molecule has 1 heterocycles. The number of hydrazine groups is 1. The first-order valence-electron chi connectivity index (χ1n) is 11.9. The number of hydrogen-bond acceptors (Lipinski definition) is 5. The molecule has 1 aromatic rings. The molecule has 3 N–H and O–H groups in total. The van der Waals surface area contributed by atoms with E-state index >= 15 is 0 Å².